The summed E-state index contributed by atoms with van der Waals surface area (Å²) < 4.78 is 1.35. The largest absolute Gasteiger partial charge is 0.0864 e. The van der Waals surface area contributed by atoms with Gasteiger partial charge in [0.05, 0.1) is 0 Å². The molecule has 0 N–H and O–H groups in total. The second kappa shape index (κ2) is 2.84. The molecule has 2 aliphatic carbocycles. The fourth-order valence-electron chi connectivity index (χ4n) is 2.37. The number of hydrogen-bond acceptors (Lipinski definition) is 0. The number of rotatable bonds is 2. The third kappa shape index (κ3) is 1.13. The van der Waals surface area contributed by atoms with Crippen molar-refractivity contribution < 1.29 is 0 Å². The van der Waals surface area contributed by atoms with E-state index in [2.05, 4.69) is 34.7 Å². The third-order valence-corrected chi connectivity index (χ3v) is 3.52. The van der Waals surface area contributed by atoms with Crippen LogP contribution in [0.4, 0.5) is 0 Å². The highest BCUT2D eigenvalue weighted by atomic mass is 127. The molecular weight excluding hydrogens is 235 g/mol. The van der Waals surface area contributed by atoms with Crippen molar-refractivity contribution in [2.24, 2.45) is 17.8 Å². The average Bonchev–Trinajstić information content (AvgIpc) is 2.48. The molecule has 10 heavy (non-hydrogen) atoms. The van der Waals surface area contributed by atoms with E-state index in [9.17, 15) is 0 Å². The van der Waals surface area contributed by atoms with Crippen molar-refractivity contribution in [2.75, 3.05) is 4.43 Å². The molecule has 0 heterocycles. The molecule has 0 radical (unpaired) electrons. The van der Waals surface area contributed by atoms with Crippen LogP contribution in [0.5, 0.6) is 0 Å². The van der Waals surface area contributed by atoms with E-state index in [1.165, 1.54) is 23.7 Å². The molecule has 0 spiro atoms. The normalized spacial score (nSPS) is 43.1. The van der Waals surface area contributed by atoms with Gasteiger partial charge >= 0.3 is 0 Å². The monoisotopic (exact) mass is 248 g/mol. The maximum atomic E-state index is 2.49. The lowest BCUT2D eigenvalue weighted by molar-refractivity contribution is 0.440. The van der Waals surface area contributed by atoms with Gasteiger partial charge in [-0.1, -0.05) is 34.7 Å². The Morgan fingerprint density at radius 3 is 2.70 bits per heavy atom. The predicted molar refractivity (Wildman–Crippen MR) is 52.3 cm³/mol. The minimum absolute atomic E-state index is 0.970. The molecule has 1 heteroatoms. The van der Waals surface area contributed by atoms with E-state index in [4.69, 9.17) is 0 Å². The maximum absolute atomic E-state index is 2.49. The predicted octanol–water partition coefficient (Wildman–Crippen LogP) is 3.02. The smallest absolute Gasteiger partial charge is 0.000187 e. The quantitative estimate of drug-likeness (QED) is 0.400. The van der Waals surface area contributed by atoms with Crippen LogP contribution in [0, 0.1) is 17.8 Å². The molecule has 0 aromatic heterocycles. The number of halogens is 1. The number of hydrogen-bond donors (Lipinski definition) is 0. The molecule has 0 amide bonds. The standard InChI is InChI=1S/C9H13I/c10-4-3-9-6-7-1-2-8(9)5-7/h1-2,7-9H,3-6H2/t7-,8-,9-/m1/s1. The zero-order valence-corrected chi connectivity index (χ0v) is 8.25. The van der Waals surface area contributed by atoms with Gasteiger partial charge in [-0.2, -0.15) is 0 Å². The van der Waals surface area contributed by atoms with E-state index in [-0.39, 0.29) is 0 Å². The summed E-state index contributed by atoms with van der Waals surface area (Å²) in [5.41, 5.74) is 0. The topological polar surface area (TPSA) is 0 Å². The molecule has 0 aromatic rings. The minimum Gasteiger partial charge on any atom is -0.0864 e. The molecule has 0 unspecified atom stereocenters. The summed E-state index contributed by atoms with van der Waals surface area (Å²) in [5.74, 6) is 2.99. The van der Waals surface area contributed by atoms with Crippen molar-refractivity contribution in [3.63, 3.8) is 0 Å². The van der Waals surface area contributed by atoms with Gasteiger partial charge < -0.3 is 0 Å². The molecular formula is C9H13I. The van der Waals surface area contributed by atoms with Crippen LogP contribution in [-0.4, -0.2) is 4.43 Å². The highest BCUT2D eigenvalue weighted by Crippen LogP contribution is 2.44. The second-order valence-corrected chi connectivity index (χ2v) is 4.60. The van der Waals surface area contributed by atoms with Gasteiger partial charge in [0.1, 0.15) is 0 Å². The molecule has 0 saturated heterocycles. The van der Waals surface area contributed by atoms with E-state index >= 15 is 0 Å². The lowest BCUT2D eigenvalue weighted by atomic mass is 9.91. The van der Waals surface area contributed by atoms with Crippen molar-refractivity contribution in [2.45, 2.75) is 19.3 Å². The molecule has 0 aliphatic heterocycles. The molecule has 2 bridgehead atoms. The van der Waals surface area contributed by atoms with Gasteiger partial charge in [-0.25, -0.2) is 0 Å². The van der Waals surface area contributed by atoms with Crippen LogP contribution < -0.4 is 0 Å². The molecule has 3 atom stereocenters. The Kier molecular flexibility index (Phi) is 2.03. The minimum atomic E-state index is 0.970. The molecule has 56 valence electrons. The van der Waals surface area contributed by atoms with Crippen LogP contribution in [0.2, 0.25) is 0 Å². The summed E-state index contributed by atoms with van der Waals surface area (Å²) in [6, 6.07) is 0. The molecule has 0 aromatic carbocycles. The average molecular weight is 248 g/mol. The van der Waals surface area contributed by atoms with E-state index < -0.39 is 0 Å². The lowest BCUT2D eigenvalue weighted by Gasteiger charge is -2.15. The molecule has 1 fully saturated rings. The van der Waals surface area contributed by atoms with Gasteiger partial charge in [-0.05, 0) is 41.4 Å². The Balaban J connectivity index is 1.96. The first-order valence-corrected chi connectivity index (χ1v) is 5.67. The van der Waals surface area contributed by atoms with Crippen LogP contribution in [0.25, 0.3) is 0 Å². The fraction of sp³-hybridized carbons (Fsp3) is 0.778. The maximum Gasteiger partial charge on any atom is -0.000187 e. The van der Waals surface area contributed by atoms with Crippen LogP contribution in [0.3, 0.4) is 0 Å². The summed E-state index contributed by atoms with van der Waals surface area (Å²) in [7, 11) is 0. The fourth-order valence-corrected chi connectivity index (χ4v) is 3.17. The Morgan fingerprint density at radius 1 is 1.30 bits per heavy atom. The first kappa shape index (κ1) is 7.14. The van der Waals surface area contributed by atoms with E-state index in [0.717, 1.165) is 17.8 Å². The van der Waals surface area contributed by atoms with Crippen LogP contribution in [0.1, 0.15) is 19.3 Å². The van der Waals surface area contributed by atoms with Crippen molar-refractivity contribution in [3.05, 3.63) is 12.2 Å². The van der Waals surface area contributed by atoms with Crippen molar-refractivity contribution in [3.8, 4) is 0 Å². The molecule has 2 aliphatic rings. The van der Waals surface area contributed by atoms with Crippen LogP contribution in [-0.2, 0) is 0 Å². The Labute approximate surface area is 76.2 Å². The Hall–Kier alpha value is 0.470. The van der Waals surface area contributed by atoms with Gasteiger partial charge in [0.2, 0.25) is 0 Å². The van der Waals surface area contributed by atoms with Gasteiger partial charge in [0, 0.05) is 0 Å². The number of fused-ring (bicyclic) bond motifs is 2. The van der Waals surface area contributed by atoms with E-state index in [0.29, 0.717) is 0 Å². The Morgan fingerprint density at radius 2 is 2.20 bits per heavy atom. The SMILES string of the molecule is ICC[C@@H]1C[C@@H]2C=C[C@@H]1C2. The summed E-state index contributed by atoms with van der Waals surface area (Å²) in [5, 5.41) is 0. The van der Waals surface area contributed by atoms with Gasteiger partial charge in [0.15, 0.2) is 0 Å². The zero-order chi connectivity index (χ0) is 6.97. The highest BCUT2D eigenvalue weighted by molar-refractivity contribution is 14.1. The summed E-state index contributed by atoms with van der Waals surface area (Å²) in [4.78, 5) is 0. The highest BCUT2D eigenvalue weighted by Gasteiger charge is 2.34. The van der Waals surface area contributed by atoms with Gasteiger partial charge in [0.25, 0.3) is 0 Å². The summed E-state index contributed by atoms with van der Waals surface area (Å²) >= 11 is 2.49. The van der Waals surface area contributed by atoms with Crippen molar-refractivity contribution >= 4 is 22.6 Å². The van der Waals surface area contributed by atoms with Crippen LogP contribution in [0.15, 0.2) is 12.2 Å². The van der Waals surface area contributed by atoms with E-state index in [1.807, 2.05) is 0 Å². The summed E-state index contributed by atoms with van der Waals surface area (Å²) in [6.45, 7) is 0. The third-order valence-electron chi connectivity index (χ3n) is 2.90. The second-order valence-electron chi connectivity index (χ2n) is 3.52. The molecule has 2 rings (SSSR count). The molecule has 0 nitrogen and oxygen atoms in total. The van der Waals surface area contributed by atoms with Crippen molar-refractivity contribution in [1.29, 1.82) is 0 Å². The van der Waals surface area contributed by atoms with Crippen LogP contribution >= 0.6 is 22.6 Å². The number of allylic oxidation sites excluding steroid dienone is 2. The zero-order valence-electron chi connectivity index (χ0n) is 6.09. The Bertz CT molecular complexity index is 151. The number of alkyl halides is 1. The summed E-state index contributed by atoms with van der Waals surface area (Å²) in [6.07, 6.45) is 9.29. The first-order valence-electron chi connectivity index (χ1n) is 4.14. The van der Waals surface area contributed by atoms with Gasteiger partial charge in [-0.3, -0.25) is 0 Å². The lowest BCUT2D eigenvalue weighted by Crippen LogP contribution is -2.06. The van der Waals surface area contributed by atoms with Gasteiger partial charge in [-0.15, -0.1) is 0 Å². The molecule has 1 saturated carbocycles. The van der Waals surface area contributed by atoms with Crippen molar-refractivity contribution in [1.82, 2.24) is 0 Å². The van der Waals surface area contributed by atoms with E-state index in [1.54, 1.807) is 0 Å². The first-order chi connectivity index (χ1) is 4.90.